The number of carboxylic acid groups (broad SMARTS) is 1. The summed E-state index contributed by atoms with van der Waals surface area (Å²) in [6, 6.07) is 20.7. The summed E-state index contributed by atoms with van der Waals surface area (Å²) in [5, 5.41) is 11.6. The molecule has 0 spiro atoms. The molecule has 9 nitrogen and oxygen atoms in total. The zero-order valence-electron chi connectivity index (χ0n) is 35.6. The van der Waals surface area contributed by atoms with Crippen molar-refractivity contribution in [1.82, 2.24) is 14.4 Å². The molecular formula is C47H50F5N3O6Si. The lowest BCUT2D eigenvalue weighted by Gasteiger charge is -2.45. The van der Waals surface area contributed by atoms with Gasteiger partial charge in [0.15, 0.2) is 5.78 Å². The zero-order chi connectivity index (χ0) is 45.1. The highest BCUT2D eigenvalue weighted by Crippen LogP contribution is 2.46. The Kier molecular flexibility index (Phi) is 11.8. The van der Waals surface area contributed by atoms with Gasteiger partial charge in [-0.25, -0.2) is 36.1 Å². The van der Waals surface area contributed by atoms with Gasteiger partial charge >= 0.3 is 12.2 Å². The molecule has 0 unspecified atom stereocenters. The van der Waals surface area contributed by atoms with Crippen molar-refractivity contribution in [1.29, 1.82) is 0 Å². The van der Waals surface area contributed by atoms with Gasteiger partial charge in [-0.1, -0.05) is 81.4 Å². The average molecular weight is 876 g/mol. The van der Waals surface area contributed by atoms with Crippen molar-refractivity contribution in [3.05, 3.63) is 131 Å². The van der Waals surface area contributed by atoms with Crippen molar-refractivity contribution in [2.45, 2.75) is 83.5 Å². The fourth-order valence-electron chi connectivity index (χ4n) is 9.06. The van der Waals surface area contributed by atoms with E-state index in [-0.39, 0.29) is 47.2 Å². The molecule has 328 valence electrons. The van der Waals surface area contributed by atoms with Gasteiger partial charge in [0.1, 0.15) is 23.1 Å². The molecule has 7 rings (SSSR count). The van der Waals surface area contributed by atoms with Gasteiger partial charge < -0.3 is 19.2 Å². The van der Waals surface area contributed by atoms with Crippen molar-refractivity contribution in [3.63, 3.8) is 0 Å². The largest absolute Gasteiger partial charge is 0.464 e. The smallest absolute Gasteiger partial charge is 0.416 e. The molecule has 1 amide bonds. The maximum absolute atomic E-state index is 17.0. The fourth-order valence-corrected chi connectivity index (χ4v) is 13.6. The third-order valence-corrected chi connectivity index (χ3v) is 16.8. The van der Waals surface area contributed by atoms with E-state index in [4.69, 9.17) is 9.16 Å². The molecule has 2 atom stereocenters. The maximum Gasteiger partial charge on any atom is 0.416 e. The summed E-state index contributed by atoms with van der Waals surface area (Å²) in [7, 11) is -3.49. The molecule has 2 aliphatic heterocycles. The second-order valence-corrected chi connectivity index (χ2v) is 22.7. The van der Waals surface area contributed by atoms with Gasteiger partial charge in [0.05, 0.1) is 36.3 Å². The Morgan fingerprint density at radius 1 is 0.823 bits per heavy atom. The number of ether oxygens (including phenoxy) is 1. The number of amides is 1. The molecule has 4 aromatic carbocycles. The van der Waals surface area contributed by atoms with Crippen molar-refractivity contribution >= 4 is 47.6 Å². The number of halogens is 5. The van der Waals surface area contributed by atoms with Crippen LogP contribution in [0.15, 0.2) is 91.0 Å². The zero-order valence-corrected chi connectivity index (χ0v) is 36.6. The predicted octanol–water partition coefficient (Wildman–Crippen LogP) is 9.18. The van der Waals surface area contributed by atoms with E-state index in [0.29, 0.717) is 0 Å². The summed E-state index contributed by atoms with van der Waals surface area (Å²) in [5.41, 5.74) is -1.86. The van der Waals surface area contributed by atoms with Gasteiger partial charge in [-0.2, -0.15) is 0 Å². The van der Waals surface area contributed by atoms with E-state index >= 15 is 17.6 Å². The summed E-state index contributed by atoms with van der Waals surface area (Å²) in [6.45, 7) is 10.2. The van der Waals surface area contributed by atoms with E-state index in [2.05, 4.69) is 0 Å². The molecule has 0 saturated carbocycles. The Hall–Kier alpha value is -5.38. The minimum Gasteiger partial charge on any atom is -0.464 e. The van der Waals surface area contributed by atoms with Crippen LogP contribution in [0.3, 0.4) is 0 Å². The number of ketones is 1. The highest BCUT2D eigenvalue weighted by molar-refractivity contribution is 6.99. The van der Waals surface area contributed by atoms with Crippen LogP contribution >= 0.6 is 0 Å². The number of benzene rings is 4. The molecule has 0 bridgehead atoms. The van der Waals surface area contributed by atoms with Crippen molar-refractivity contribution in [2.75, 3.05) is 26.2 Å². The molecule has 1 N–H and O–H groups in total. The van der Waals surface area contributed by atoms with Gasteiger partial charge in [0.2, 0.25) is 0 Å². The molecule has 3 heterocycles. The van der Waals surface area contributed by atoms with E-state index in [1.54, 1.807) is 27.7 Å². The summed E-state index contributed by atoms with van der Waals surface area (Å²) < 4.78 is 95.1. The van der Waals surface area contributed by atoms with Crippen LogP contribution in [0.25, 0.3) is 10.9 Å². The standard InChI is InChI=1S/C47H50F5N3O6Si/c1-28-20-35-34-23-31(48)18-19-38(34)55(43(57)58)40(35)41(39-36(49)21-29(22-37(39)50)42(56)30-24-53(25-30)44(59)61-45(2,3)4)54(28)26-47(51,52)27-60-62(46(5,6)7,32-14-10-8-11-15-32)33-16-12-9-13-17-33/h8-19,21-23,28,30,41H,20,24-27H2,1-7H3,(H,57,58)/t28-,41-/m1/s1. The van der Waals surface area contributed by atoms with E-state index in [9.17, 15) is 23.9 Å². The van der Waals surface area contributed by atoms with E-state index < -0.39 is 97.0 Å². The first-order valence-electron chi connectivity index (χ1n) is 20.5. The minimum atomic E-state index is -3.68. The SMILES string of the molecule is C[C@@H]1Cc2c(n(C(=O)O)c3ccc(F)cc23)[C@@H](c2c(F)cc(C(=O)C3CN(C(=O)OC(C)(C)C)C3)cc2F)N1CC(F)(F)CO[Si](c1ccccc1)(c1ccccc1)C(C)(C)C. The van der Waals surface area contributed by atoms with Gasteiger partial charge in [-0.05, 0) is 85.4 Å². The Labute approximate surface area is 358 Å². The number of likely N-dealkylation sites (tertiary alicyclic amines) is 1. The van der Waals surface area contributed by atoms with Crippen LogP contribution in [0.4, 0.5) is 31.5 Å². The first-order chi connectivity index (χ1) is 29.0. The van der Waals surface area contributed by atoms with Gasteiger partial charge in [0.25, 0.3) is 14.2 Å². The highest BCUT2D eigenvalue weighted by Gasteiger charge is 2.53. The quantitative estimate of drug-likeness (QED) is 0.0849. The number of carbonyl (C=O) groups is 3. The number of fused-ring (bicyclic) bond motifs is 3. The molecule has 62 heavy (non-hydrogen) atoms. The predicted molar refractivity (Wildman–Crippen MR) is 228 cm³/mol. The molecule has 15 heteroatoms. The number of alkyl halides is 2. The van der Waals surface area contributed by atoms with Gasteiger partial charge in [0, 0.05) is 35.6 Å². The molecule has 5 aromatic rings. The van der Waals surface area contributed by atoms with E-state index in [1.165, 1.54) is 15.9 Å². The van der Waals surface area contributed by atoms with Gasteiger partial charge in [-0.3, -0.25) is 9.69 Å². The number of Topliss-reactive ketones (excluding diaryl/α,β-unsaturated/α-hetero) is 1. The second-order valence-electron chi connectivity index (χ2n) is 18.4. The Morgan fingerprint density at radius 2 is 1.39 bits per heavy atom. The number of hydrogen-bond acceptors (Lipinski definition) is 6. The van der Waals surface area contributed by atoms with Crippen LogP contribution < -0.4 is 10.4 Å². The molecule has 1 aromatic heterocycles. The van der Waals surface area contributed by atoms with Crippen LogP contribution in [-0.4, -0.2) is 89.6 Å². The topological polar surface area (TPSA) is 101 Å². The monoisotopic (exact) mass is 875 g/mol. The summed E-state index contributed by atoms with van der Waals surface area (Å²) in [5.74, 6) is -8.35. The second kappa shape index (κ2) is 16.4. The number of nitrogens with zero attached hydrogens (tertiary/aromatic N) is 3. The summed E-state index contributed by atoms with van der Waals surface area (Å²) >= 11 is 0. The number of carbonyl (C=O) groups excluding carboxylic acids is 2. The number of rotatable bonds is 10. The molecular weight excluding hydrogens is 826 g/mol. The van der Waals surface area contributed by atoms with Crippen LogP contribution in [-0.2, 0) is 15.6 Å². The van der Waals surface area contributed by atoms with Crippen LogP contribution in [0.1, 0.15) is 81.7 Å². The van der Waals surface area contributed by atoms with Crippen LogP contribution in [0.2, 0.25) is 5.04 Å². The molecule has 1 fully saturated rings. The van der Waals surface area contributed by atoms with E-state index in [0.717, 1.165) is 39.2 Å². The first-order valence-corrected chi connectivity index (χ1v) is 22.4. The van der Waals surface area contributed by atoms with E-state index in [1.807, 2.05) is 81.4 Å². The lowest BCUT2D eigenvalue weighted by molar-refractivity contribution is -0.0827. The number of aromatic nitrogens is 1. The fraction of sp³-hybridized carbons (Fsp3) is 0.383. The number of hydrogen-bond donors (Lipinski definition) is 1. The minimum absolute atomic E-state index is 0.0110. The normalized spacial score (nSPS) is 17.8. The average Bonchev–Trinajstić information content (AvgIpc) is 3.47. The maximum atomic E-state index is 17.0. The summed E-state index contributed by atoms with van der Waals surface area (Å²) in [6.07, 6.45) is -2.27. The van der Waals surface area contributed by atoms with Crippen molar-refractivity contribution < 1.29 is 50.6 Å². The molecule has 2 aliphatic rings. The van der Waals surface area contributed by atoms with Crippen LogP contribution in [0.5, 0.6) is 0 Å². The van der Waals surface area contributed by atoms with Crippen molar-refractivity contribution in [2.24, 2.45) is 5.92 Å². The molecule has 0 aliphatic carbocycles. The molecule has 1 saturated heterocycles. The lowest BCUT2D eigenvalue weighted by atomic mass is 9.86. The lowest BCUT2D eigenvalue weighted by Crippen LogP contribution is -2.67. The Morgan fingerprint density at radius 3 is 1.90 bits per heavy atom. The van der Waals surface area contributed by atoms with Crippen molar-refractivity contribution in [3.8, 4) is 0 Å². The Bertz CT molecular complexity index is 2450. The molecule has 0 radical (unpaired) electrons. The third-order valence-electron chi connectivity index (χ3n) is 11.8. The highest BCUT2D eigenvalue weighted by atomic mass is 28.4. The van der Waals surface area contributed by atoms with Gasteiger partial charge in [-0.15, -0.1) is 0 Å². The summed E-state index contributed by atoms with van der Waals surface area (Å²) in [4.78, 5) is 41.6. The Balaban J connectivity index is 1.29. The third kappa shape index (κ3) is 8.29. The van der Waals surface area contributed by atoms with Crippen LogP contribution in [0, 0.1) is 23.4 Å². The first kappa shape index (κ1) is 44.7.